The standard InChI is InChI=1S/C20H24N2O/c1-15-7-6-8-16(2)19(15)21-20(23)17-11-13-22(14-12-17)18-9-4-3-5-10-18/h3-10,17H,11-14H2,1-2H3,(H,21,23). The summed E-state index contributed by atoms with van der Waals surface area (Å²) < 4.78 is 0. The molecule has 0 aromatic heterocycles. The van der Waals surface area contributed by atoms with Crippen LogP contribution in [0.3, 0.4) is 0 Å². The zero-order valence-corrected chi connectivity index (χ0v) is 13.9. The number of aryl methyl sites for hydroxylation is 2. The molecule has 0 bridgehead atoms. The third kappa shape index (κ3) is 3.55. The van der Waals surface area contributed by atoms with E-state index in [1.165, 1.54) is 5.69 Å². The molecule has 0 aliphatic carbocycles. The van der Waals surface area contributed by atoms with Gasteiger partial charge in [-0.15, -0.1) is 0 Å². The molecule has 1 heterocycles. The number of rotatable bonds is 3. The second-order valence-corrected chi connectivity index (χ2v) is 6.35. The lowest BCUT2D eigenvalue weighted by Gasteiger charge is -2.33. The van der Waals surface area contributed by atoms with Gasteiger partial charge >= 0.3 is 0 Å². The second-order valence-electron chi connectivity index (χ2n) is 6.35. The molecule has 1 amide bonds. The Kier molecular flexibility index (Phi) is 4.65. The van der Waals surface area contributed by atoms with Crippen molar-refractivity contribution in [2.45, 2.75) is 26.7 Å². The average Bonchev–Trinajstić information content (AvgIpc) is 2.59. The number of hydrogen-bond donors (Lipinski definition) is 1. The maximum absolute atomic E-state index is 12.6. The fourth-order valence-corrected chi connectivity index (χ4v) is 3.28. The molecule has 3 heteroatoms. The number of amides is 1. The van der Waals surface area contributed by atoms with E-state index in [4.69, 9.17) is 0 Å². The summed E-state index contributed by atoms with van der Waals surface area (Å²) in [6, 6.07) is 16.5. The zero-order chi connectivity index (χ0) is 16.2. The number of benzene rings is 2. The van der Waals surface area contributed by atoms with Crippen molar-refractivity contribution in [3.8, 4) is 0 Å². The summed E-state index contributed by atoms with van der Waals surface area (Å²) in [5.41, 5.74) is 4.48. The van der Waals surface area contributed by atoms with Gasteiger partial charge in [0.25, 0.3) is 0 Å². The summed E-state index contributed by atoms with van der Waals surface area (Å²) in [5, 5.41) is 3.15. The van der Waals surface area contributed by atoms with Gasteiger partial charge < -0.3 is 10.2 Å². The first kappa shape index (κ1) is 15.6. The highest BCUT2D eigenvalue weighted by Gasteiger charge is 2.25. The van der Waals surface area contributed by atoms with Crippen LogP contribution in [-0.4, -0.2) is 19.0 Å². The highest BCUT2D eigenvalue weighted by Crippen LogP contribution is 2.26. The molecule has 120 valence electrons. The third-order valence-electron chi connectivity index (χ3n) is 4.72. The maximum Gasteiger partial charge on any atom is 0.227 e. The van der Waals surface area contributed by atoms with E-state index in [2.05, 4.69) is 34.5 Å². The van der Waals surface area contributed by atoms with Crippen LogP contribution in [0.2, 0.25) is 0 Å². The van der Waals surface area contributed by atoms with Crippen molar-refractivity contribution in [2.24, 2.45) is 5.92 Å². The first-order valence-corrected chi connectivity index (χ1v) is 8.32. The van der Waals surface area contributed by atoms with Gasteiger partial charge in [0.15, 0.2) is 0 Å². The molecule has 0 radical (unpaired) electrons. The summed E-state index contributed by atoms with van der Waals surface area (Å²) in [4.78, 5) is 14.9. The Morgan fingerprint density at radius 3 is 2.17 bits per heavy atom. The summed E-state index contributed by atoms with van der Waals surface area (Å²) in [5.74, 6) is 0.268. The van der Waals surface area contributed by atoms with E-state index in [9.17, 15) is 4.79 Å². The van der Waals surface area contributed by atoms with Gasteiger partial charge in [-0.1, -0.05) is 36.4 Å². The van der Waals surface area contributed by atoms with Crippen molar-refractivity contribution in [3.05, 3.63) is 59.7 Å². The molecule has 0 atom stereocenters. The Morgan fingerprint density at radius 2 is 1.57 bits per heavy atom. The number of carbonyl (C=O) groups excluding carboxylic acids is 1. The highest BCUT2D eigenvalue weighted by molar-refractivity contribution is 5.94. The fourth-order valence-electron chi connectivity index (χ4n) is 3.28. The highest BCUT2D eigenvalue weighted by atomic mass is 16.1. The third-order valence-corrected chi connectivity index (χ3v) is 4.72. The molecule has 0 unspecified atom stereocenters. The van der Waals surface area contributed by atoms with Gasteiger partial charge in [0.05, 0.1) is 0 Å². The van der Waals surface area contributed by atoms with E-state index in [0.717, 1.165) is 42.7 Å². The van der Waals surface area contributed by atoms with Crippen LogP contribution in [0.25, 0.3) is 0 Å². The number of hydrogen-bond acceptors (Lipinski definition) is 2. The van der Waals surface area contributed by atoms with E-state index in [1.54, 1.807) is 0 Å². The molecule has 0 spiro atoms. The van der Waals surface area contributed by atoms with Crippen molar-refractivity contribution >= 4 is 17.3 Å². The van der Waals surface area contributed by atoms with Crippen LogP contribution >= 0.6 is 0 Å². The van der Waals surface area contributed by atoms with Crippen LogP contribution in [-0.2, 0) is 4.79 Å². The van der Waals surface area contributed by atoms with E-state index >= 15 is 0 Å². The molecule has 1 fully saturated rings. The molecule has 23 heavy (non-hydrogen) atoms. The SMILES string of the molecule is Cc1cccc(C)c1NC(=O)C1CCN(c2ccccc2)CC1. The molecular weight excluding hydrogens is 284 g/mol. The quantitative estimate of drug-likeness (QED) is 0.923. The molecule has 2 aromatic carbocycles. The molecule has 2 aromatic rings. The summed E-state index contributed by atoms with van der Waals surface area (Å²) in [6.45, 7) is 5.96. The predicted octanol–water partition coefficient (Wildman–Crippen LogP) is 4.16. The molecule has 3 rings (SSSR count). The molecule has 0 saturated carbocycles. The molecule has 3 nitrogen and oxygen atoms in total. The van der Waals surface area contributed by atoms with Crippen LogP contribution < -0.4 is 10.2 Å². The normalized spacial score (nSPS) is 15.5. The fraction of sp³-hybridized carbons (Fsp3) is 0.350. The number of piperidine rings is 1. The molecule has 1 aliphatic rings. The van der Waals surface area contributed by atoms with Gasteiger partial charge in [-0.05, 0) is 49.9 Å². The summed E-state index contributed by atoms with van der Waals surface area (Å²) in [6.07, 6.45) is 1.82. The first-order valence-electron chi connectivity index (χ1n) is 8.32. The number of nitrogens with zero attached hydrogens (tertiary/aromatic N) is 1. The molecular formula is C20H24N2O. The molecule has 1 saturated heterocycles. The van der Waals surface area contributed by atoms with Crippen LogP contribution in [0.1, 0.15) is 24.0 Å². The van der Waals surface area contributed by atoms with Gasteiger partial charge in [-0.25, -0.2) is 0 Å². The van der Waals surface area contributed by atoms with Crippen molar-refractivity contribution in [1.82, 2.24) is 0 Å². The van der Waals surface area contributed by atoms with Crippen LogP contribution in [0.4, 0.5) is 11.4 Å². The summed E-state index contributed by atoms with van der Waals surface area (Å²) >= 11 is 0. The Hall–Kier alpha value is -2.29. The Morgan fingerprint density at radius 1 is 0.957 bits per heavy atom. The predicted molar refractivity (Wildman–Crippen MR) is 95.9 cm³/mol. The Bertz CT molecular complexity index is 653. The van der Waals surface area contributed by atoms with E-state index < -0.39 is 0 Å². The van der Waals surface area contributed by atoms with Crippen molar-refractivity contribution < 1.29 is 4.79 Å². The smallest absolute Gasteiger partial charge is 0.227 e. The van der Waals surface area contributed by atoms with E-state index in [1.807, 2.05) is 38.1 Å². The van der Waals surface area contributed by atoms with Gasteiger partial charge in [-0.3, -0.25) is 4.79 Å². The first-order chi connectivity index (χ1) is 11.1. The Balaban J connectivity index is 1.60. The van der Waals surface area contributed by atoms with Crippen molar-refractivity contribution in [1.29, 1.82) is 0 Å². The minimum atomic E-state index is 0.106. The zero-order valence-electron chi connectivity index (χ0n) is 13.9. The van der Waals surface area contributed by atoms with Gasteiger partial charge in [0, 0.05) is 30.4 Å². The van der Waals surface area contributed by atoms with E-state index in [0.29, 0.717) is 0 Å². The topological polar surface area (TPSA) is 32.3 Å². The number of nitrogens with one attached hydrogen (secondary N) is 1. The monoisotopic (exact) mass is 308 g/mol. The largest absolute Gasteiger partial charge is 0.371 e. The van der Waals surface area contributed by atoms with Gasteiger partial charge in [0.1, 0.15) is 0 Å². The number of para-hydroxylation sites is 2. The molecule has 1 aliphatic heterocycles. The minimum absolute atomic E-state index is 0.106. The second kappa shape index (κ2) is 6.86. The van der Waals surface area contributed by atoms with Crippen LogP contribution in [0, 0.1) is 19.8 Å². The lowest BCUT2D eigenvalue weighted by Crippen LogP contribution is -2.38. The van der Waals surface area contributed by atoms with Crippen molar-refractivity contribution in [3.63, 3.8) is 0 Å². The minimum Gasteiger partial charge on any atom is -0.371 e. The summed E-state index contributed by atoms with van der Waals surface area (Å²) in [7, 11) is 0. The Labute approximate surface area is 138 Å². The van der Waals surface area contributed by atoms with Crippen LogP contribution in [0.15, 0.2) is 48.5 Å². The lowest BCUT2D eigenvalue weighted by atomic mass is 9.95. The van der Waals surface area contributed by atoms with Gasteiger partial charge in [-0.2, -0.15) is 0 Å². The van der Waals surface area contributed by atoms with E-state index in [-0.39, 0.29) is 11.8 Å². The lowest BCUT2D eigenvalue weighted by molar-refractivity contribution is -0.120. The van der Waals surface area contributed by atoms with Gasteiger partial charge in [0.2, 0.25) is 5.91 Å². The molecule has 1 N–H and O–H groups in total. The number of carbonyl (C=O) groups is 1. The maximum atomic E-state index is 12.6. The van der Waals surface area contributed by atoms with Crippen molar-refractivity contribution in [2.75, 3.05) is 23.3 Å². The average molecular weight is 308 g/mol. The number of anilines is 2. The van der Waals surface area contributed by atoms with Crippen LogP contribution in [0.5, 0.6) is 0 Å².